The molecule has 36 heavy (non-hydrogen) atoms. The van der Waals surface area contributed by atoms with E-state index in [4.69, 9.17) is 9.57 Å². The summed E-state index contributed by atoms with van der Waals surface area (Å²) < 4.78 is 4.83. The van der Waals surface area contributed by atoms with Gasteiger partial charge in [-0.2, -0.15) is 0 Å². The van der Waals surface area contributed by atoms with Crippen molar-refractivity contribution < 1.29 is 24.0 Å². The molecule has 7 nitrogen and oxygen atoms in total. The van der Waals surface area contributed by atoms with Crippen LogP contribution in [0, 0.1) is 34.5 Å². The number of fused-ring (bicyclic) bond motifs is 5. The number of allylic oxidation sites excluding steroid dienone is 2. The van der Waals surface area contributed by atoms with Gasteiger partial charge in [-0.3, -0.25) is 9.59 Å². The molecule has 0 aromatic heterocycles. The second kappa shape index (κ2) is 9.60. The van der Waals surface area contributed by atoms with Gasteiger partial charge in [0.25, 0.3) is 5.91 Å². The highest BCUT2D eigenvalue weighted by atomic mass is 16.6. The Balaban J connectivity index is 1.23. The third-order valence-corrected chi connectivity index (χ3v) is 10.9. The Labute approximate surface area is 215 Å². The van der Waals surface area contributed by atoms with E-state index in [9.17, 15) is 14.4 Å². The molecule has 0 radical (unpaired) electrons. The van der Waals surface area contributed by atoms with Crippen LogP contribution in [0.25, 0.3) is 0 Å². The van der Waals surface area contributed by atoms with Crippen molar-refractivity contribution >= 4 is 23.4 Å². The lowest BCUT2D eigenvalue weighted by atomic mass is 9.46. The largest absolute Gasteiger partial charge is 0.467 e. The minimum absolute atomic E-state index is 0.153. The first-order valence-electron chi connectivity index (χ1n) is 14.0. The monoisotopic (exact) mass is 498 g/mol. The highest BCUT2D eigenvalue weighted by Gasteiger charge is 2.59. The summed E-state index contributed by atoms with van der Waals surface area (Å²) in [5, 5.41) is 4.34. The number of carbonyl (C=O) groups is 3. The Morgan fingerprint density at radius 2 is 1.86 bits per heavy atom. The normalized spacial score (nSPS) is 40.7. The van der Waals surface area contributed by atoms with Gasteiger partial charge in [-0.25, -0.2) is 4.79 Å². The third-order valence-electron chi connectivity index (χ3n) is 10.9. The van der Waals surface area contributed by atoms with E-state index in [0.717, 1.165) is 37.8 Å². The number of ketones is 1. The van der Waals surface area contributed by atoms with Crippen molar-refractivity contribution in [2.75, 3.05) is 20.3 Å². The minimum Gasteiger partial charge on any atom is -0.467 e. The quantitative estimate of drug-likeness (QED) is 0.405. The summed E-state index contributed by atoms with van der Waals surface area (Å²) in [6.45, 7) is 7.06. The summed E-state index contributed by atoms with van der Waals surface area (Å²) in [6, 6.07) is -0.505. The van der Waals surface area contributed by atoms with E-state index in [1.807, 2.05) is 0 Å². The molecule has 0 N–H and O–H groups in total. The van der Waals surface area contributed by atoms with Crippen LogP contribution >= 0.6 is 0 Å². The first-order chi connectivity index (χ1) is 17.2. The van der Waals surface area contributed by atoms with Crippen LogP contribution in [0.2, 0.25) is 0 Å². The number of esters is 1. The molecule has 5 aliphatic rings. The van der Waals surface area contributed by atoms with E-state index in [2.05, 4.69) is 25.1 Å². The lowest BCUT2D eigenvalue weighted by Crippen LogP contribution is -2.51. The van der Waals surface area contributed by atoms with E-state index in [1.165, 1.54) is 38.4 Å². The lowest BCUT2D eigenvalue weighted by molar-refractivity contribution is -0.152. The minimum atomic E-state index is -0.505. The summed E-state index contributed by atoms with van der Waals surface area (Å²) in [4.78, 5) is 44.0. The van der Waals surface area contributed by atoms with Gasteiger partial charge in [0.2, 0.25) is 0 Å². The fraction of sp³-hybridized carbons (Fsp3) is 0.793. The number of amides is 1. The van der Waals surface area contributed by atoms with Gasteiger partial charge in [-0.05, 0) is 106 Å². The molecule has 0 aromatic rings. The van der Waals surface area contributed by atoms with Gasteiger partial charge < -0.3 is 14.5 Å². The Morgan fingerprint density at radius 3 is 2.61 bits per heavy atom. The van der Waals surface area contributed by atoms with Crippen molar-refractivity contribution in [2.24, 2.45) is 39.7 Å². The fourth-order valence-corrected chi connectivity index (χ4v) is 9.01. The summed E-state index contributed by atoms with van der Waals surface area (Å²) >= 11 is 0. The summed E-state index contributed by atoms with van der Waals surface area (Å²) in [6.07, 6.45) is 12.5. The van der Waals surface area contributed by atoms with Crippen molar-refractivity contribution in [1.29, 1.82) is 0 Å². The average Bonchev–Trinajstić information content (AvgIpc) is 3.48. The number of hydrogen-bond acceptors (Lipinski definition) is 6. The summed E-state index contributed by atoms with van der Waals surface area (Å²) in [5.41, 5.74) is 2.78. The maximum absolute atomic E-state index is 12.6. The Kier molecular flexibility index (Phi) is 6.80. The van der Waals surface area contributed by atoms with Crippen LogP contribution in [-0.4, -0.2) is 54.6 Å². The standard InChI is InChI=1S/C29H42N2O5/c1-18(32)22-9-10-23-21-8-7-19-16-20(11-13-28(19,2)24(21)12-14-29(22,23)3)30-36-17-26(33)31-15-5-6-25(31)27(34)35-4/h16,21-25H,5-15,17H2,1-4H3/b30-20+/t21-,22-,23+,24-,25+,28+,29-/m1/s1. The van der Waals surface area contributed by atoms with Crippen molar-refractivity contribution in [3.63, 3.8) is 0 Å². The topological polar surface area (TPSA) is 85.3 Å². The smallest absolute Gasteiger partial charge is 0.328 e. The molecule has 7 heteroatoms. The van der Waals surface area contributed by atoms with Crippen molar-refractivity contribution in [3.05, 3.63) is 11.6 Å². The van der Waals surface area contributed by atoms with Gasteiger partial charge in [-0.15, -0.1) is 0 Å². The second-order valence-electron chi connectivity index (χ2n) is 12.4. The van der Waals surface area contributed by atoms with Gasteiger partial charge in [0.1, 0.15) is 11.8 Å². The molecule has 0 bridgehead atoms. The fourth-order valence-electron chi connectivity index (χ4n) is 9.01. The number of nitrogens with zero attached hydrogens (tertiary/aromatic N) is 2. The van der Waals surface area contributed by atoms with Crippen molar-refractivity contribution in [3.8, 4) is 0 Å². The number of likely N-dealkylation sites (tertiary alicyclic amines) is 1. The zero-order chi connectivity index (χ0) is 25.7. The summed E-state index contributed by atoms with van der Waals surface area (Å²) in [5.74, 6) is 2.13. The van der Waals surface area contributed by atoms with Gasteiger partial charge >= 0.3 is 5.97 Å². The molecule has 0 spiro atoms. The van der Waals surface area contributed by atoms with E-state index >= 15 is 0 Å². The maximum Gasteiger partial charge on any atom is 0.328 e. The van der Waals surface area contributed by atoms with Crippen LogP contribution < -0.4 is 0 Å². The average molecular weight is 499 g/mol. The first kappa shape index (κ1) is 25.5. The predicted molar refractivity (Wildman–Crippen MR) is 136 cm³/mol. The molecule has 1 amide bonds. The van der Waals surface area contributed by atoms with Crippen molar-refractivity contribution in [2.45, 2.75) is 91.0 Å². The van der Waals surface area contributed by atoms with Gasteiger partial charge in [0.15, 0.2) is 6.61 Å². The predicted octanol–water partition coefficient (Wildman–Crippen LogP) is 4.69. The van der Waals surface area contributed by atoms with E-state index in [0.29, 0.717) is 36.5 Å². The zero-order valence-electron chi connectivity index (χ0n) is 22.4. The van der Waals surface area contributed by atoms with Gasteiger partial charge in [-0.1, -0.05) is 24.6 Å². The Morgan fingerprint density at radius 1 is 1.06 bits per heavy atom. The molecule has 1 aliphatic heterocycles. The number of methoxy groups -OCH3 is 1. The van der Waals surface area contributed by atoms with Crippen LogP contribution in [0.4, 0.5) is 0 Å². The van der Waals surface area contributed by atoms with E-state index in [-0.39, 0.29) is 35.2 Å². The molecule has 198 valence electrons. The molecule has 7 atom stereocenters. The molecule has 0 aromatic carbocycles. The maximum atomic E-state index is 12.6. The molecule has 4 fully saturated rings. The number of rotatable bonds is 5. The van der Waals surface area contributed by atoms with Crippen LogP contribution in [0.15, 0.2) is 16.8 Å². The summed E-state index contributed by atoms with van der Waals surface area (Å²) in [7, 11) is 1.35. The molecule has 1 saturated heterocycles. The number of hydrogen-bond donors (Lipinski definition) is 0. The molecule has 1 heterocycles. The number of ether oxygens (including phenoxy) is 1. The second-order valence-corrected chi connectivity index (χ2v) is 12.4. The lowest BCUT2D eigenvalue weighted by Gasteiger charge is -2.58. The number of Topliss-reactive ketones (excluding diaryl/α,β-unsaturated/α-hetero) is 1. The highest BCUT2D eigenvalue weighted by molar-refractivity contribution is 5.96. The molecule has 0 unspecified atom stereocenters. The SMILES string of the molecule is COC(=O)[C@@H]1CCCN1C(=O)CO/N=C1/C=C2CC[C@H]3[C@@H](CC[C@]4(C)[C@@H](C(C)=O)CC[C@@H]34)[C@@]2(C)CC1. The van der Waals surface area contributed by atoms with Gasteiger partial charge in [0, 0.05) is 12.5 Å². The third kappa shape index (κ3) is 4.10. The highest BCUT2D eigenvalue weighted by Crippen LogP contribution is 2.66. The van der Waals surface area contributed by atoms with E-state index in [1.54, 1.807) is 11.8 Å². The number of carbonyl (C=O) groups excluding carboxylic acids is 3. The van der Waals surface area contributed by atoms with Gasteiger partial charge in [0.05, 0.1) is 12.8 Å². The molecular formula is C29H42N2O5. The molecule has 5 rings (SSSR count). The molecular weight excluding hydrogens is 456 g/mol. The van der Waals surface area contributed by atoms with E-state index < -0.39 is 6.04 Å². The van der Waals surface area contributed by atoms with Crippen molar-refractivity contribution in [1.82, 2.24) is 4.90 Å². The first-order valence-corrected chi connectivity index (χ1v) is 14.0. The van der Waals surface area contributed by atoms with Crippen LogP contribution in [-0.2, 0) is 24.0 Å². The zero-order valence-corrected chi connectivity index (χ0v) is 22.4. The molecule has 4 aliphatic carbocycles. The van der Waals surface area contributed by atoms with Crippen LogP contribution in [0.3, 0.4) is 0 Å². The van der Waals surface area contributed by atoms with Crippen LogP contribution in [0.1, 0.15) is 85.0 Å². The Hall–Kier alpha value is -2.18. The Bertz CT molecular complexity index is 988. The molecule has 3 saturated carbocycles. The number of oxime groups is 1. The van der Waals surface area contributed by atoms with Crippen LogP contribution in [0.5, 0.6) is 0 Å².